The van der Waals surface area contributed by atoms with Crippen LogP contribution in [0.1, 0.15) is 11.3 Å². The summed E-state index contributed by atoms with van der Waals surface area (Å²) in [6, 6.07) is 17.7. The molecular formula is C16H13ClN2. The summed E-state index contributed by atoms with van der Waals surface area (Å²) < 4.78 is 0. The van der Waals surface area contributed by atoms with Gasteiger partial charge in [-0.2, -0.15) is 0 Å². The van der Waals surface area contributed by atoms with Crippen LogP contribution >= 0.6 is 11.6 Å². The highest BCUT2D eigenvalue weighted by molar-refractivity contribution is 6.30. The van der Waals surface area contributed by atoms with Gasteiger partial charge in [0.2, 0.25) is 0 Å². The normalized spacial score (nSPS) is 10.8. The second kappa shape index (κ2) is 4.90. The molecule has 0 bridgehead atoms. The lowest BCUT2D eigenvalue weighted by Crippen LogP contribution is -1.97. The fourth-order valence-electron chi connectivity index (χ4n) is 2.13. The van der Waals surface area contributed by atoms with E-state index in [1.807, 2.05) is 36.4 Å². The van der Waals surface area contributed by atoms with Crippen molar-refractivity contribution in [1.82, 2.24) is 4.98 Å². The molecule has 0 amide bonds. The summed E-state index contributed by atoms with van der Waals surface area (Å²) in [6.07, 6.45) is 0.692. The number of nitrogens with zero attached hydrogens (tertiary/aromatic N) is 1. The Bertz CT molecular complexity index is 738. The third-order valence-electron chi connectivity index (χ3n) is 3.13. The molecule has 0 atom stereocenters. The minimum atomic E-state index is 0.692. The highest BCUT2D eigenvalue weighted by Gasteiger charge is 2.04. The number of pyridine rings is 1. The van der Waals surface area contributed by atoms with E-state index in [1.165, 1.54) is 0 Å². The van der Waals surface area contributed by atoms with Gasteiger partial charge >= 0.3 is 0 Å². The van der Waals surface area contributed by atoms with E-state index in [2.05, 4.69) is 17.1 Å². The largest absolute Gasteiger partial charge is 0.398 e. The van der Waals surface area contributed by atoms with E-state index in [9.17, 15) is 0 Å². The highest BCUT2D eigenvalue weighted by Crippen LogP contribution is 2.21. The first-order chi connectivity index (χ1) is 9.22. The van der Waals surface area contributed by atoms with Gasteiger partial charge in [0.1, 0.15) is 0 Å². The number of para-hydroxylation sites is 1. The number of halogens is 1. The van der Waals surface area contributed by atoms with Crippen molar-refractivity contribution in [2.24, 2.45) is 0 Å². The van der Waals surface area contributed by atoms with Gasteiger partial charge in [-0.15, -0.1) is 0 Å². The van der Waals surface area contributed by atoms with Crippen molar-refractivity contribution in [2.75, 3.05) is 5.73 Å². The predicted molar refractivity (Wildman–Crippen MR) is 80.4 cm³/mol. The third kappa shape index (κ3) is 2.54. The molecule has 3 rings (SSSR count). The maximum absolute atomic E-state index is 6.00. The molecule has 0 fully saturated rings. The van der Waals surface area contributed by atoms with Gasteiger partial charge in [-0.1, -0.05) is 35.9 Å². The summed E-state index contributed by atoms with van der Waals surface area (Å²) in [4.78, 5) is 4.64. The van der Waals surface area contributed by atoms with Crippen LogP contribution in [0.2, 0.25) is 5.02 Å². The number of hydrogen-bond donors (Lipinski definition) is 1. The number of anilines is 1. The Morgan fingerprint density at radius 1 is 1.00 bits per heavy atom. The second-order valence-corrected chi connectivity index (χ2v) is 4.95. The van der Waals surface area contributed by atoms with Crippen LogP contribution in [0.4, 0.5) is 5.69 Å². The molecule has 3 aromatic rings. The maximum Gasteiger partial charge on any atom is 0.0705 e. The first-order valence-electron chi connectivity index (χ1n) is 6.11. The molecule has 94 valence electrons. The summed E-state index contributed by atoms with van der Waals surface area (Å²) in [7, 11) is 0. The van der Waals surface area contributed by atoms with E-state index in [-0.39, 0.29) is 0 Å². The summed E-state index contributed by atoms with van der Waals surface area (Å²) in [6.45, 7) is 0. The van der Waals surface area contributed by atoms with Crippen LogP contribution in [0, 0.1) is 0 Å². The maximum atomic E-state index is 6.00. The van der Waals surface area contributed by atoms with Crippen LogP contribution in [-0.2, 0) is 6.42 Å². The zero-order valence-electron chi connectivity index (χ0n) is 10.3. The van der Waals surface area contributed by atoms with Crippen LogP contribution in [-0.4, -0.2) is 4.98 Å². The van der Waals surface area contributed by atoms with E-state index in [1.54, 1.807) is 6.07 Å². The molecule has 2 aromatic carbocycles. The van der Waals surface area contributed by atoms with Crippen molar-refractivity contribution >= 4 is 28.2 Å². The average Bonchev–Trinajstić information content (AvgIpc) is 2.43. The lowest BCUT2D eigenvalue weighted by atomic mass is 10.1. The van der Waals surface area contributed by atoms with E-state index >= 15 is 0 Å². The molecule has 1 heterocycles. The summed E-state index contributed by atoms with van der Waals surface area (Å²) in [5.41, 5.74) is 9.72. The standard InChI is InChI=1S/C16H13ClN2/c17-13-6-8-15(18)12(9-13)10-14-7-5-11-3-1-2-4-16(11)19-14/h1-9H,10,18H2. The van der Waals surface area contributed by atoms with E-state index in [4.69, 9.17) is 17.3 Å². The van der Waals surface area contributed by atoms with E-state index in [0.717, 1.165) is 27.8 Å². The van der Waals surface area contributed by atoms with Gasteiger partial charge in [0.25, 0.3) is 0 Å². The second-order valence-electron chi connectivity index (χ2n) is 4.52. The molecule has 0 saturated heterocycles. The van der Waals surface area contributed by atoms with Crippen LogP contribution in [0.5, 0.6) is 0 Å². The minimum Gasteiger partial charge on any atom is -0.398 e. The number of hydrogen-bond acceptors (Lipinski definition) is 2. The monoisotopic (exact) mass is 268 g/mol. The lowest BCUT2D eigenvalue weighted by Gasteiger charge is -2.07. The quantitative estimate of drug-likeness (QED) is 0.712. The highest BCUT2D eigenvalue weighted by atomic mass is 35.5. The first kappa shape index (κ1) is 12.0. The predicted octanol–water partition coefficient (Wildman–Crippen LogP) is 4.06. The number of aromatic nitrogens is 1. The number of nitrogen functional groups attached to an aromatic ring is 1. The molecule has 0 spiro atoms. The molecule has 0 radical (unpaired) electrons. The van der Waals surface area contributed by atoms with E-state index < -0.39 is 0 Å². The molecule has 1 aromatic heterocycles. The van der Waals surface area contributed by atoms with Crippen molar-refractivity contribution < 1.29 is 0 Å². The number of rotatable bonds is 2. The molecule has 0 saturated carbocycles. The van der Waals surface area contributed by atoms with Crippen LogP contribution in [0.25, 0.3) is 10.9 Å². The lowest BCUT2D eigenvalue weighted by molar-refractivity contribution is 1.10. The van der Waals surface area contributed by atoms with Crippen molar-refractivity contribution in [1.29, 1.82) is 0 Å². The smallest absolute Gasteiger partial charge is 0.0705 e. The van der Waals surface area contributed by atoms with Crippen molar-refractivity contribution in [3.8, 4) is 0 Å². The van der Waals surface area contributed by atoms with Crippen molar-refractivity contribution in [3.63, 3.8) is 0 Å². The fourth-order valence-corrected chi connectivity index (χ4v) is 2.32. The fraction of sp³-hybridized carbons (Fsp3) is 0.0625. The number of fused-ring (bicyclic) bond motifs is 1. The Morgan fingerprint density at radius 2 is 1.84 bits per heavy atom. The van der Waals surface area contributed by atoms with Gasteiger partial charge in [-0.05, 0) is 35.9 Å². The van der Waals surface area contributed by atoms with Gasteiger partial charge in [0.05, 0.1) is 5.52 Å². The first-order valence-corrected chi connectivity index (χ1v) is 6.49. The van der Waals surface area contributed by atoms with Gasteiger partial charge in [-0.3, -0.25) is 4.98 Å². The Hall–Kier alpha value is -2.06. The molecule has 2 N–H and O–H groups in total. The molecule has 0 unspecified atom stereocenters. The average molecular weight is 269 g/mol. The molecule has 0 aliphatic rings. The Kier molecular flexibility index (Phi) is 3.10. The van der Waals surface area contributed by atoms with Crippen LogP contribution in [0.15, 0.2) is 54.6 Å². The third-order valence-corrected chi connectivity index (χ3v) is 3.37. The minimum absolute atomic E-state index is 0.692. The molecule has 0 aliphatic heterocycles. The van der Waals surface area contributed by atoms with Gasteiger partial charge in [0, 0.05) is 28.2 Å². The molecule has 0 aliphatic carbocycles. The summed E-state index contributed by atoms with van der Waals surface area (Å²) in [5, 5.41) is 1.84. The molecule has 19 heavy (non-hydrogen) atoms. The van der Waals surface area contributed by atoms with Gasteiger partial charge in [-0.25, -0.2) is 0 Å². The van der Waals surface area contributed by atoms with Crippen molar-refractivity contribution in [2.45, 2.75) is 6.42 Å². The SMILES string of the molecule is Nc1ccc(Cl)cc1Cc1ccc2ccccc2n1. The van der Waals surface area contributed by atoms with Crippen molar-refractivity contribution in [3.05, 3.63) is 70.9 Å². The zero-order chi connectivity index (χ0) is 13.2. The Balaban J connectivity index is 1.98. The van der Waals surface area contributed by atoms with Gasteiger partial charge in [0.15, 0.2) is 0 Å². The zero-order valence-corrected chi connectivity index (χ0v) is 11.1. The Morgan fingerprint density at radius 3 is 2.74 bits per heavy atom. The number of benzene rings is 2. The summed E-state index contributed by atoms with van der Waals surface area (Å²) in [5.74, 6) is 0. The van der Waals surface area contributed by atoms with E-state index in [0.29, 0.717) is 11.4 Å². The topological polar surface area (TPSA) is 38.9 Å². The summed E-state index contributed by atoms with van der Waals surface area (Å²) >= 11 is 6.00. The van der Waals surface area contributed by atoms with Crippen LogP contribution in [0.3, 0.4) is 0 Å². The Labute approximate surface area is 116 Å². The molecule has 2 nitrogen and oxygen atoms in total. The molecular weight excluding hydrogens is 256 g/mol. The van der Waals surface area contributed by atoms with Crippen LogP contribution < -0.4 is 5.73 Å². The molecule has 3 heteroatoms. The number of nitrogens with two attached hydrogens (primary N) is 1. The van der Waals surface area contributed by atoms with Gasteiger partial charge < -0.3 is 5.73 Å².